The molecule has 0 radical (unpaired) electrons. The molecular weight excluding hydrogens is 383 g/mol. The van der Waals surface area contributed by atoms with E-state index in [0.29, 0.717) is 22.2 Å². The number of nitrogens with one attached hydrogen (secondary N) is 1. The molecule has 0 aliphatic carbocycles. The van der Waals surface area contributed by atoms with Gasteiger partial charge in [0.25, 0.3) is 0 Å². The highest BCUT2D eigenvalue weighted by Crippen LogP contribution is 2.25. The van der Waals surface area contributed by atoms with Crippen molar-refractivity contribution in [2.45, 2.75) is 45.8 Å². The number of amides is 2. The largest absolute Gasteiger partial charge is 0.352 e. The van der Waals surface area contributed by atoms with Crippen molar-refractivity contribution in [2.75, 3.05) is 0 Å². The topological polar surface area (TPSA) is 49.4 Å². The molecule has 2 rings (SSSR count). The second-order valence-electron chi connectivity index (χ2n) is 6.72. The van der Waals surface area contributed by atoms with E-state index in [-0.39, 0.29) is 24.3 Å². The molecular formula is C21H24Cl2N2O2. The molecule has 0 saturated carbocycles. The van der Waals surface area contributed by atoms with E-state index in [1.54, 1.807) is 30.0 Å². The Morgan fingerprint density at radius 3 is 2.11 bits per heavy atom. The smallest absolute Gasteiger partial charge is 0.242 e. The molecule has 0 bridgehead atoms. The highest BCUT2D eigenvalue weighted by atomic mass is 35.5. The van der Waals surface area contributed by atoms with Gasteiger partial charge in [-0.25, -0.2) is 0 Å². The molecule has 0 aliphatic rings. The minimum Gasteiger partial charge on any atom is -0.352 e. The summed E-state index contributed by atoms with van der Waals surface area (Å²) < 4.78 is 0. The number of carbonyl (C=O) groups excluding carboxylic acids is 2. The fourth-order valence-electron chi connectivity index (χ4n) is 2.72. The van der Waals surface area contributed by atoms with E-state index < -0.39 is 6.04 Å². The average molecular weight is 407 g/mol. The van der Waals surface area contributed by atoms with Gasteiger partial charge < -0.3 is 10.2 Å². The Balaban J connectivity index is 2.27. The van der Waals surface area contributed by atoms with Crippen molar-refractivity contribution in [3.8, 4) is 0 Å². The van der Waals surface area contributed by atoms with Crippen LogP contribution in [0.2, 0.25) is 10.0 Å². The van der Waals surface area contributed by atoms with Gasteiger partial charge in [-0.15, -0.1) is 0 Å². The normalized spacial score (nSPS) is 11.9. The zero-order valence-electron chi connectivity index (χ0n) is 15.7. The highest BCUT2D eigenvalue weighted by Gasteiger charge is 2.27. The maximum absolute atomic E-state index is 13.1. The van der Waals surface area contributed by atoms with Crippen molar-refractivity contribution < 1.29 is 9.59 Å². The standard InChI is InChI=1S/C21H24Cl2N2O2/c1-14(2)24-21(27)15(3)25(13-16-8-5-4-6-9-16)20(26)12-17-18(22)10-7-11-19(17)23/h4-11,14-15H,12-13H2,1-3H3,(H,24,27)/t15-/m1/s1. The van der Waals surface area contributed by atoms with E-state index in [2.05, 4.69) is 5.32 Å². The van der Waals surface area contributed by atoms with Crippen molar-refractivity contribution in [2.24, 2.45) is 0 Å². The Labute approximate surface area is 170 Å². The summed E-state index contributed by atoms with van der Waals surface area (Å²) in [5, 5.41) is 3.74. The Bertz CT molecular complexity index is 774. The Kier molecular flexibility index (Phi) is 7.69. The second-order valence-corrected chi connectivity index (χ2v) is 7.54. The van der Waals surface area contributed by atoms with Crippen molar-refractivity contribution in [1.29, 1.82) is 0 Å². The van der Waals surface area contributed by atoms with Crippen LogP contribution < -0.4 is 5.32 Å². The van der Waals surface area contributed by atoms with Gasteiger partial charge in [0.1, 0.15) is 6.04 Å². The molecule has 2 aromatic rings. The third-order valence-corrected chi connectivity index (χ3v) is 4.89. The lowest BCUT2D eigenvalue weighted by Crippen LogP contribution is -2.49. The van der Waals surface area contributed by atoms with Gasteiger partial charge in [-0.2, -0.15) is 0 Å². The van der Waals surface area contributed by atoms with Crippen molar-refractivity contribution in [1.82, 2.24) is 10.2 Å². The van der Waals surface area contributed by atoms with Crippen molar-refractivity contribution >= 4 is 35.0 Å². The molecule has 1 atom stereocenters. The van der Waals surface area contributed by atoms with E-state index in [1.165, 1.54) is 0 Å². The predicted molar refractivity (Wildman–Crippen MR) is 110 cm³/mol. The van der Waals surface area contributed by atoms with Gasteiger partial charge in [-0.05, 0) is 44.0 Å². The first-order chi connectivity index (χ1) is 12.8. The lowest BCUT2D eigenvalue weighted by atomic mass is 10.1. The number of halogens is 2. The zero-order valence-corrected chi connectivity index (χ0v) is 17.2. The van der Waals surface area contributed by atoms with E-state index in [9.17, 15) is 9.59 Å². The molecule has 0 spiro atoms. The average Bonchev–Trinajstić information content (AvgIpc) is 2.62. The SMILES string of the molecule is CC(C)NC(=O)[C@@H](C)N(Cc1ccccc1)C(=O)Cc1c(Cl)cccc1Cl. The fraction of sp³-hybridized carbons (Fsp3) is 0.333. The summed E-state index contributed by atoms with van der Waals surface area (Å²) in [6.07, 6.45) is 0.0324. The fourth-order valence-corrected chi connectivity index (χ4v) is 3.25. The number of hydrogen-bond donors (Lipinski definition) is 1. The van der Waals surface area contributed by atoms with Crippen LogP contribution >= 0.6 is 23.2 Å². The molecule has 0 aliphatic heterocycles. The maximum atomic E-state index is 13.1. The van der Waals surface area contributed by atoms with Gasteiger partial charge >= 0.3 is 0 Å². The van der Waals surface area contributed by atoms with Crippen molar-refractivity contribution in [3.63, 3.8) is 0 Å². The van der Waals surface area contributed by atoms with E-state index in [4.69, 9.17) is 23.2 Å². The summed E-state index contributed by atoms with van der Waals surface area (Å²) in [5.41, 5.74) is 1.51. The molecule has 27 heavy (non-hydrogen) atoms. The summed E-state index contributed by atoms with van der Waals surface area (Å²) in [7, 11) is 0. The van der Waals surface area contributed by atoms with E-state index in [0.717, 1.165) is 5.56 Å². The third-order valence-electron chi connectivity index (χ3n) is 4.18. The van der Waals surface area contributed by atoms with Crippen molar-refractivity contribution in [3.05, 3.63) is 69.7 Å². The van der Waals surface area contributed by atoms with Crippen LogP contribution in [0.25, 0.3) is 0 Å². The summed E-state index contributed by atoms with van der Waals surface area (Å²) in [6, 6.07) is 14.1. The van der Waals surface area contributed by atoms with Crippen LogP contribution in [-0.4, -0.2) is 28.8 Å². The molecule has 2 amide bonds. The van der Waals surface area contributed by atoms with Crippen LogP contribution in [0.4, 0.5) is 0 Å². The van der Waals surface area contributed by atoms with Crippen LogP contribution in [0.15, 0.2) is 48.5 Å². The first kappa shape index (κ1) is 21.3. The molecule has 0 saturated heterocycles. The van der Waals surface area contributed by atoms with Gasteiger partial charge in [0.2, 0.25) is 11.8 Å². The quantitative estimate of drug-likeness (QED) is 0.736. The molecule has 0 unspecified atom stereocenters. The number of carbonyl (C=O) groups is 2. The molecule has 1 N–H and O–H groups in total. The van der Waals surface area contributed by atoms with Crippen LogP contribution in [0.1, 0.15) is 31.9 Å². The molecule has 0 fully saturated rings. The minimum atomic E-state index is -0.624. The molecule has 144 valence electrons. The predicted octanol–water partition coefficient (Wildman–Crippen LogP) is 4.48. The van der Waals surface area contributed by atoms with Gasteiger partial charge in [-0.1, -0.05) is 59.6 Å². The third kappa shape index (κ3) is 5.98. The molecule has 0 aromatic heterocycles. The lowest BCUT2D eigenvalue weighted by Gasteiger charge is -2.29. The Morgan fingerprint density at radius 2 is 1.56 bits per heavy atom. The summed E-state index contributed by atoms with van der Waals surface area (Å²) >= 11 is 12.4. The van der Waals surface area contributed by atoms with Crippen LogP contribution in [0, 0.1) is 0 Å². The van der Waals surface area contributed by atoms with Gasteiger partial charge in [-0.3, -0.25) is 9.59 Å². The van der Waals surface area contributed by atoms with Crippen LogP contribution in [-0.2, 0) is 22.6 Å². The zero-order chi connectivity index (χ0) is 20.0. The molecule has 6 heteroatoms. The summed E-state index contributed by atoms with van der Waals surface area (Å²) in [6.45, 7) is 5.83. The monoisotopic (exact) mass is 406 g/mol. The lowest BCUT2D eigenvalue weighted by molar-refractivity contribution is -0.140. The van der Waals surface area contributed by atoms with Gasteiger partial charge in [0.05, 0.1) is 6.42 Å². The van der Waals surface area contributed by atoms with Gasteiger partial charge in [0.15, 0.2) is 0 Å². The maximum Gasteiger partial charge on any atom is 0.242 e. The Hall–Kier alpha value is -2.04. The number of rotatable bonds is 7. The van der Waals surface area contributed by atoms with Crippen LogP contribution in [0.3, 0.4) is 0 Å². The molecule has 0 heterocycles. The minimum absolute atomic E-state index is 0.00774. The molecule has 2 aromatic carbocycles. The van der Waals surface area contributed by atoms with Crippen LogP contribution in [0.5, 0.6) is 0 Å². The van der Waals surface area contributed by atoms with Gasteiger partial charge in [0, 0.05) is 22.6 Å². The first-order valence-electron chi connectivity index (χ1n) is 8.86. The number of benzene rings is 2. The Morgan fingerprint density at radius 1 is 0.963 bits per heavy atom. The highest BCUT2D eigenvalue weighted by molar-refractivity contribution is 6.36. The van der Waals surface area contributed by atoms with E-state index >= 15 is 0 Å². The second kappa shape index (κ2) is 9.77. The number of nitrogens with zero attached hydrogens (tertiary/aromatic N) is 1. The molecule has 4 nitrogen and oxygen atoms in total. The number of hydrogen-bond acceptors (Lipinski definition) is 2. The summed E-state index contributed by atoms with van der Waals surface area (Å²) in [5.74, 6) is -0.403. The first-order valence-corrected chi connectivity index (χ1v) is 9.61. The summed E-state index contributed by atoms with van der Waals surface area (Å²) in [4.78, 5) is 27.2. The van der Waals surface area contributed by atoms with E-state index in [1.807, 2.05) is 44.2 Å².